The molecule has 0 aliphatic heterocycles. The third kappa shape index (κ3) is 1.02. The first-order chi connectivity index (χ1) is 7.98. The summed E-state index contributed by atoms with van der Waals surface area (Å²) in [4.78, 5) is 11.1. The van der Waals surface area contributed by atoms with E-state index in [9.17, 15) is 9.18 Å². The van der Waals surface area contributed by atoms with Gasteiger partial charge in [0.2, 0.25) is 0 Å². The molecule has 3 N–H and O–H groups in total. The zero-order chi connectivity index (χ0) is 12.4. The molecule has 1 aromatic carbocycles. The molecule has 0 saturated heterocycles. The molecule has 1 aromatic rings. The minimum Gasteiger partial charge on any atom is -0.480 e. The van der Waals surface area contributed by atoms with E-state index in [2.05, 4.69) is 0 Å². The van der Waals surface area contributed by atoms with Crippen LogP contribution in [-0.2, 0) is 16.9 Å². The zero-order valence-corrected chi connectivity index (χ0v) is 9.53. The average Bonchev–Trinajstić information content (AvgIpc) is 3.16. The van der Waals surface area contributed by atoms with Crippen molar-refractivity contribution in [2.75, 3.05) is 0 Å². The minimum atomic E-state index is -1.12. The second-order valence-corrected chi connectivity index (χ2v) is 5.18. The van der Waals surface area contributed by atoms with Crippen LogP contribution in [0, 0.1) is 12.8 Å². The van der Waals surface area contributed by atoms with Crippen LogP contribution in [0.15, 0.2) is 18.2 Å². The fourth-order valence-electron chi connectivity index (χ4n) is 3.10. The van der Waals surface area contributed by atoms with Crippen LogP contribution < -0.4 is 5.73 Å². The summed E-state index contributed by atoms with van der Waals surface area (Å²) >= 11 is 0. The first kappa shape index (κ1) is 10.7. The van der Waals surface area contributed by atoms with Gasteiger partial charge in [-0.05, 0) is 30.0 Å². The SMILES string of the molecule is Cc1ccc(C23CC2[C@@]3(N)C(=O)O)cc1CF. The van der Waals surface area contributed by atoms with E-state index in [0.717, 1.165) is 17.5 Å². The monoisotopic (exact) mass is 235 g/mol. The van der Waals surface area contributed by atoms with E-state index < -0.39 is 23.6 Å². The van der Waals surface area contributed by atoms with Gasteiger partial charge in [-0.2, -0.15) is 0 Å². The number of nitrogens with two attached hydrogens (primary N) is 1. The number of benzene rings is 1. The molecule has 2 aliphatic rings. The summed E-state index contributed by atoms with van der Waals surface area (Å²) in [5.41, 5.74) is 6.75. The predicted octanol–water partition coefficient (Wildman–Crippen LogP) is 1.52. The molecule has 3 atom stereocenters. The molecular weight excluding hydrogens is 221 g/mol. The first-order valence-corrected chi connectivity index (χ1v) is 5.66. The van der Waals surface area contributed by atoms with Crippen LogP contribution in [0.3, 0.4) is 0 Å². The summed E-state index contributed by atoms with van der Waals surface area (Å²) < 4.78 is 12.8. The van der Waals surface area contributed by atoms with Crippen molar-refractivity contribution in [2.24, 2.45) is 11.7 Å². The first-order valence-electron chi connectivity index (χ1n) is 5.66. The molecule has 0 radical (unpaired) electrons. The Kier molecular flexibility index (Phi) is 1.81. The van der Waals surface area contributed by atoms with Crippen molar-refractivity contribution in [2.45, 2.75) is 31.0 Å². The molecular formula is C13H14FNO2. The Morgan fingerprint density at radius 1 is 1.65 bits per heavy atom. The average molecular weight is 235 g/mol. The van der Waals surface area contributed by atoms with Crippen LogP contribution in [-0.4, -0.2) is 16.6 Å². The molecule has 17 heavy (non-hydrogen) atoms. The standard InChI is InChI=1S/C13H14FNO2/c1-7-2-3-9(4-8(7)6-14)12-5-10(12)13(12,15)11(16)17/h2-4,10H,5-6,15H2,1H3,(H,16,17)/t10?,12?,13-/m1/s1. The van der Waals surface area contributed by atoms with E-state index in [1.165, 1.54) is 0 Å². The molecule has 3 rings (SSSR count). The minimum absolute atomic E-state index is 0.0302. The van der Waals surface area contributed by atoms with E-state index in [1.807, 2.05) is 19.1 Å². The molecule has 2 aliphatic carbocycles. The Bertz CT molecular complexity index is 530. The lowest BCUT2D eigenvalue weighted by atomic mass is 9.90. The number of hydrogen-bond acceptors (Lipinski definition) is 2. The van der Waals surface area contributed by atoms with Gasteiger partial charge in [0.1, 0.15) is 12.2 Å². The molecule has 0 amide bonds. The smallest absolute Gasteiger partial charge is 0.324 e. The lowest BCUT2D eigenvalue weighted by Gasteiger charge is -2.19. The van der Waals surface area contributed by atoms with Crippen molar-refractivity contribution >= 4 is 5.97 Å². The molecule has 2 unspecified atom stereocenters. The fraction of sp³-hybridized carbons (Fsp3) is 0.462. The number of rotatable bonds is 3. The highest BCUT2D eigenvalue weighted by Crippen LogP contribution is 2.81. The van der Waals surface area contributed by atoms with Gasteiger partial charge in [-0.3, -0.25) is 4.79 Å². The molecule has 2 fully saturated rings. The zero-order valence-electron chi connectivity index (χ0n) is 9.53. The molecule has 0 aromatic heterocycles. The van der Waals surface area contributed by atoms with Crippen molar-refractivity contribution in [1.29, 1.82) is 0 Å². The third-order valence-corrected chi connectivity index (χ3v) is 4.53. The predicted molar refractivity (Wildman–Crippen MR) is 60.3 cm³/mol. The largest absolute Gasteiger partial charge is 0.480 e. The molecule has 3 nitrogen and oxygen atoms in total. The highest BCUT2D eigenvalue weighted by atomic mass is 19.1. The topological polar surface area (TPSA) is 63.3 Å². The highest BCUT2D eigenvalue weighted by Gasteiger charge is 2.91. The van der Waals surface area contributed by atoms with Gasteiger partial charge in [-0.15, -0.1) is 0 Å². The van der Waals surface area contributed by atoms with E-state index in [4.69, 9.17) is 10.8 Å². The van der Waals surface area contributed by atoms with Gasteiger partial charge < -0.3 is 10.8 Å². The number of alkyl halides is 1. The Morgan fingerprint density at radius 3 is 2.82 bits per heavy atom. The molecule has 2 saturated carbocycles. The van der Waals surface area contributed by atoms with Gasteiger partial charge in [0.15, 0.2) is 0 Å². The number of carboxylic acid groups (broad SMARTS) is 1. The quantitative estimate of drug-likeness (QED) is 0.834. The molecule has 0 spiro atoms. The second kappa shape index (κ2) is 2.88. The third-order valence-electron chi connectivity index (χ3n) is 4.53. The van der Waals surface area contributed by atoms with Crippen molar-refractivity contribution in [3.63, 3.8) is 0 Å². The van der Waals surface area contributed by atoms with Crippen LogP contribution in [0.25, 0.3) is 0 Å². The molecule has 90 valence electrons. The summed E-state index contributed by atoms with van der Waals surface area (Å²) in [7, 11) is 0. The Morgan fingerprint density at radius 2 is 2.35 bits per heavy atom. The molecule has 0 heterocycles. The molecule has 4 heteroatoms. The Labute approximate surface area is 98.4 Å². The number of carbonyl (C=O) groups is 1. The van der Waals surface area contributed by atoms with Crippen molar-refractivity contribution in [3.8, 4) is 0 Å². The lowest BCUT2D eigenvalue weighted by molar-refractivity contribution is -0.141. The van der Waals surface area contributed by atoms with Crippen LogP contribution in [0.4, 0.5) is 4.39 Å². The lowest BCUT2D eigenvalue weighted by Crippen LogP contribution is -2.45. The van der Waals surface area contributed by atoms with Crippen molar-refractivity contribution < 1.29 is 14.3 Å². The summed E-state index contributed by atoms with van der Waals surface area (Å²) in [6, 6.07) is 5.49. The maximum Gasteiger partial charge on any atom is 0.324 e. The van der Waals surface area contributed by atoms with E-state index in [0.29, 0.717) is 5.56 Å². The second-order valence-electron chi connectivity index (χ2n) is 5.18. The Balaban J connectivity index is 2.01. The van der Waals surface area contributed by atoms with E-state index >= 15 is 0 Å². The maximum atomic E-state index is 12.8. The summed E-state index contributed by atoms with van der Waals surface area (Å²) in [6.45, 7) is 1.32. The maximum absolute atomic E-state index is 12.8. The number of fused-ring (bicyclic) bond motifs is 1. The molecule has 0 bridgehead atoms. The van der Waals surface area contributed by atoms with Crippen LogP contribution in [0.1, 0.15) is 23.1 Å². The van der Waals surface area contributed by atoms with Crippen molar-refractivity contribution in [3.05, 3.63) is 34.9 Å². The summed E-state index contributed by atoms with van der Waals surface area (Å²) in [5.74, 6) is -0.918. The normalized spacial score (nSPS) is 37.5. The fourth-order valence-corrected chi connectivity index (χ4v) is 3.10. The van der Waals surface area contributed by atoms with Crippen LogP contribution >= 0.6 is 0 Å². The number of halogens is 1. The van der Waals surface area contributed by atoms with Crippen LogP contribution in [0.2, 0.25) is 0 Å². The van der Waals surface area contributed by atoms with Crippen molar-refractivity contribution in [1.82, 2.24) is 0 Å². The van der Waals surface area contributed by atoms with Gasteiger partial charge in [0.25, 0.3) is 0 Å². The van der Waals surface area contributed by atoms with Gasteiger partial charge in [-0.1, -0.05) is 18.2 Å². The van der Waals surface area contributed by atoms with E-state index in [-0.39, 0.29) is 5.92 Å². The van der Waals surface area contributed by atoms with E-state index in [1.54, 1.807) is 6.07 Å². The Hall–Kier alpha value is -1.42. The number of hydrogen-bond donors (Lipinski definition) is 2. The van der Waals surface area contributed by atoms with Gasteiger partial charge in [-0.25, -0.2) is 4.39 Å². The van der Waals surface area contributed by atoms with Gasteiger partial charge in [0, 0.05) is 11.3 Å². The number of aliphatic carboxylic acids is 1. The number of aryl methyl sites for hydroxylation is 1. The summed E-state index contributed by atoms with van der Waals surface area (Å²) in [6.07, 6.45) is 0.810. The number of carboxylic acids is 1. The van der Waals surface area contributed by atoms with Gasteiger partial charge in [0.05, 0.1) is 0 Å². The summed E-state index contributed by atoms with van der Waals surface area (Å²) in [5, 5.41) is 9.12. The highest BCUT2D eigenvalue weighted by molar-refractivity contribution is 5.92. The van der Waals surface area contributed by atoms with Gasteiger partial charge >= 0.3 is 5.97 Å². The van der Waals surface area contributed by atoms with Crippen LogP contribution in [0.5, 0.6) is 0 Å².